The third-order valence-electron chi connectivity index (χ3n) is 6.19. The van der Waals surface area contributed by atoms with Gasteiger partial charge in [0, 0.05) is 30.3 Å². The van der Waals surface area contributed by atoms with Gasteiger partial charge in [-0.15, -0.1) is 0 Å². The van der Waals surface area contributed by atoms with Crippen LogP contribution in [-0.2, 0) is 4.79 Å². The molecule has 178 valence electrons. The van der Waals surface area contributed by atoms with Crippen LogP contribution in [0.4, 0.5) is 11.4 Å². The molecule has 0 saturated carbocycles. The van der Waals surface area contributed by atoms with Crippen molar-refractivity contribution in [3.05, 3.63) is 77.4 Å². The molecule has 3 aromatic rings. The Kier molecular flexibility index (Phi) is 5.52. The molecule has 3 aromatic carbocycles. The van der Waals surface area contributed by atoms with E-state index in [4.69, 9.17) is 9.47 Å². The number of ether oxygens (including phenoxy) is 2. The molecule has 9 heteroatoms. The molecule has 0 spiro atoms. The van der Waals surface area contributed by atoms with E-state index >= 15 is 0 Å². The number of phenols is 1. The summed E-state index contributed by atoms with van der Waals surface area (Å²) in [6.07, 6.45) is -0.738. The Morgan fingerprint density at radius 2 is 1.80 bits per heavy atom. The van der Waals surface area contributed by atoms with Gasteiger partial charge in [0.2, 0.25) is 5.91 Å². The van der Waals surface area contributed by atoms with Crippen molar-refractivity contribution < 1.29 is 29.0 Å². The zero-order valence-electron chi connectivity index (χ0n) is 19.1. The Morgan fingerprint density at radius 3 is 2.54 bits per heavy atom. The van der Waals surface area contributed by atoms with E-state index in [0.717, 1.165) is 0 Å². The van der Waals surface area contributed by atoms with Crippen molar-refractivity contribution in [2.45, 2.75) is 12.6 Å². The highest BCUT2D eigenvalue weighted by Crippen LogP contribution is 2.49. The summed E-state index contributed by atoms with van der Waals surface area (Å²) in [4.78, 5) is 42.9. The van der Waals surface area contributed by atoms with Crippen LogP contribution in [0.2, 0.25) is 0 Å². The Labute approximate surface area is 201 Å². The number of phenolic OH excluding ortho intramolecular Hbond substituents is 1. The molecule has 0 saturated heterocycles. The van der Waals surface area contributed by atoms with E-state index < -0.39 is 6.17 Å². The predicted molar refractivity (Wildman–Crippen MR) is 128 cm³/mol. The number of rotatable bonds is 6. The summed E-state index contributed by atoms with van der Waals surface area (Å²) in [5, 5.41) is 12.4. The quantitative estimate of drug-likeness (QED) is 0.567. The van der Waals surface area contributed by atoms with Gasteiger partial charge in [0.05, 0.1) is 31.0 Å². The monoisotopic (exact) mass is 473 g/mol. The average Bonchev–Trinajstić information content (AvgIpc) is 3.16. The normalized spacial score (nSPS) is 15.9. The second-order valence-electron chi connectivity index (χ2n) is 8.18. The van der Waals surface area contributed by atoms with E-state index in [1.54, 1.807) is 53.4 Å². The van der Waals surface area contributed by atoms with E-state index in [1.165, 1.54) is 31.3 Å². The Balaban J connectivity index is 1.51. The van der Waals surface area contributed by atoms with Crippen molar-refractivity contribution in [3.8, 4) is 17.2 Å². The number of nitrogens with zero attached hydrogens (tertiary/aromatic N) is 2. The van der Waals surface area contributed by atoms with Gasteiger partial charge in [-0.05, 0) is 30.3 Å². The van der Waals surface area contributed by atoms with Gasteiger partial charge >= 0.3 is 0 Å². The number of aromatic hydroxyl groups is 1. The lowest BCUT2D eigenvalue weighted by atomic mass is 10.0. The van der Waals surface area contributed by atoms with Crippen molar-refractivity contribution in [1.29, 1.82) is 0 Å². The molecule has 2 heterocycles. The van der Waals surface area contributed by atoms with E-state index in [9.17, 15) is 19.5 Å². The highest BCUT2D eigenvalue weighted by atomic mass is 16.5. The summed E-state index contributed by atoms with van der Waals surface area (Å²) >= 11 is 0. The van der Waals surface area contributed by atoms with Crippen LogP contribution in [0, 0.1) is 0 Å². The van der Waals surface area contributed by atoms with Crippen LogP contribution >= 0.6 is 0 Å². The molecule has 3 amide bonds. The molecule has 0 radical (unpaired) electrons. The molecule has 0 bridgehead atoms. The number of benzene rings is 3. The second kappa shape index (κ2) is 8.68. The summed E-state index contributed by atoms with van der Waals surface area (Å²) < 4.78 is 10.9. The van der Waals surface area contributed by atoms with Gasteiger partial charge in [-0.3, -0.25) is 19.3 Å². The van der Waals surface area contributed by atoms with Gasteiger partial charge in [0.25, 0.3) is 11.8 Å². The van der Waals surface area contributed by atoms with Gasteiger partial charge in [-0.1, -0.05) is 24.3 Å². The first kappa shape index (κ1) is 22.3. The summed E-state index contributed by atoms with van der Waals surface area (Å²) in [6.45, 7) is 0.0695. The number of nitrogens with one attached hydrogen (secondary N) is 1. The van der Waals surface area contributed by atoms with Crippen LogP contribution in [0.15, 0.2) is 60.7 Å². The van der Waals surface area contributed by atoms with Gasteiger partial charge in [-0.25, -0.2) is 0 Å². The lowest BCUT2D eigenvalue weighted by Gasteiger charge is -2.40. The third-order valence-corrected chi connectivity index (χ3v) is 6.19. The largest absolute Gasteiger partial charge is 0.508 e. The molecule has 2 aliphatic rings. The minimum Gasteiger partial charge on any atom is -0.508 e. The fourth-order valence-corrected chi connectivity index (χ4v) is 4.68. The molecule has 0 fully saturated rings. The van der Waals surface area contributed by atoms with Crippen molar-refractivity contribution >= 4 is 29.1 Å². The Hall–Kier alpha value is -4.53. The first-order valence-electron chi connectivity index (χ1n) is 11.0. The molecule has 2 N–H and O–H groups in total. The second-order valence-corrected chi connectivity index (χ2v) is 8.18. The molecule has 0 unspecified atom stereocenters. The summed E-state index contributed by atoms with van der Waals surface area (Å²) in [5.41, 5.74) is 2.26. The maximum absolute atomic E-state index is 13.7. The predicted octanol–water partition coefficient (Wildman–Crippen LogP) is 3.55. The van der Waals surface area contributed by atoms with E-state index in [0.29, 0.717) is 39.6 Å². The van der Waals surface area contributed by atoms with Gasteiger partial charge in [0.15, 0.2) is 11.5 Å². The minimum atomic E-state index is -0.728. The molecular weight excluding hydrogens is 450 g/mol. The van der Waals surface area contributed by atoms with E-state index in [2.05, 4.69) is 5.32 Å². The first-order valence-corrected chi connectivity index (χ1v) is 11.0. The molecule has 0 aliphatic carbocycles. The molecule has 0 aromatic heterocycles. The smallest absolute Gasteiger partial charge is 0.264 e. The lowest BCUT2D eigenvalue weighted by molar-refractivity contribution is -0.116. The van der Waals surface area contributed by atoms with Gasteiger partial charge < -0.3 is 24.8 Å². The molecule has 2 aliphatic heterocycles. The van der Waals surface area contributed by atoms with Crippen LogP contribution in [0.25, 0.3) is 0 Å². The number of methoxy groups -OCH3 is 2. The highest BCUT2D eigenvalue weighted by Gasteiger charge is 2.49. The van der Waals surface area contributed by atoms with Gasteiger partial charge in [-0.2, -0.15) is 0 Å². The minimum absolute atomic E-state index is 0.00921. The number of para-hydroxylation sites is 1. The SMILES string of the molecule is COc1ccc2c(c1OC)C(=O)N1c3ccccc3C(=O)N(CCC(=O)Nc3cccc(O)c3)[C@@H]21. The number of carbonyl (C=O) groups excluding carboxylic acids is 3. The van der Waals surface area contributed by atoms with Crippen molar-refractivity contribution in [1.82, 2.24) is 4.90 Å². The first-order chi connectivity index (χ1) is 16.9. The zero-order valence-corrected chi connectivity index (χ0v) is 19.1. The van der Waals surface area contributed by atoms with E-state index in [-0.39, 0.29) is 36.4 Å². The van der Waals surface area contributed by atoms with Crippen LogP contribution in [-0.4, -0.2) is 48.5 Å². The fraction of sp³-hybridized carbons (Fsp3) is 0.192. The van der Waals surface area contributed by atoms with Gasteiger partial charge in [0.1, 0.15) is 11.9 Å². The average molecular weight is 473 g/mol. The molecule has 1 atom stereocenters. The summed E-state index contributed by atoms with van der Waals surface area (Å²) in [7, 11) is 2.96. The summed E-state index contributed by atoms with van der Waals surface area (Å²) in [6, 6.07) is 16.6. The van der Waals surface area contributed by atoms with E-state index in [1.807, 2.05) is 0 Å². The lowest BCUT2D eigenvalue weighted by Crippen LogP contribution is -2.49. The third kappa shape index (κ3) is 3.61. The zero-order chi connectivity index (χ0) is 24.7. The van der Waals surface area contributed by atoms with Crippen molar-refractivity contribution in [2.24, 2.45) is 0 Å². The molecule has 35 heavy (non-hydrogen) atoms. The van der Waals surface area contributed by atoms with Crippen LogP contribution in [0.3, 0.4) is 0 Å². The number of anilines is 2. The van der Waals surface area contributed by atoms with Crippen LogP contribution in [0.1, 0.15) is 38.9 Å². The number of carbonyl (C=O) groups is 3. The molecular formula is C26H23N3O6. The number of hydrogen-bond acceptors (Lipinski definition) is 6. The topological polar surface area (TPSA) is 108 Å². The number of hydrogen-bond donors (Lipinski definition) is 2. The van der Waals surface area contributed by atoms with Crippen LogP contribution < -0.4 is 19.7 Å². The Morgan fingerprint density at radius 1 is 1.00 bits per heavy atom. The molecule has 5 rings (SSSR count). The number of fused-ring (bicyclic) bond motifs is 5. The maximum atomic E-state index is 13.7. The van der Waals surface area contributed by atoms with Crippen molar-refractivity contribution in [3.63, 3.8) is 0 Å². The summed E-state index contributed by atoms with van der Waals surface area (Å²) in [5.74, 6) is -0.165. The fourth-order valence-electron chi connectivity index (χ4n) is 4.68. The Bertz CT molecular complexity index is 1350. The highest BCUT2D eigenvalue weighted by molar-refractivity contribution is 6.18. The number of amides is 3. The van der Waals surface area contributed by atoms with Crippen molar-refractivity contribution in [2.75, 3.05) is 31.0 Å². The van der Waals surface area contributed by atoms with Crippen LogP contribution in [0.5, 0.6) is 17.2 Å². The molecule has 9 nitrogen and oxygen atoms in total. The maximum Gasteiger partial charge on any atom is 0.264 e. The standard InChI is InChI=1S/C26H23N3O6/c1-34-20-11-10-18-22(23(20)35-2)26(33)29-19-9-4-3-8-17(19)25(32)28(24(18)29)13-12-21(31)27-15-6-5-7-16(30)14-15/h3-11,14,24,30H,12-13H2,1-2H3,(H,27,31)/t24-/m1/s1.